The molecule has 1 atom stereocenters. The minimum absolute atomic E-state index is 0.0513. The second-order valence-electron chi connectivity index (χ2n) is 6.77. The molecule has 2 amide bonds. The minimum Gasteiger partial charge on any atom is -0.491 e. The van der Waals surface area contributed by atoms with Crippen LogP contribution in [0.1, 0.15) is 11.6 Å². The molecule has 4 rings (SSSR count). The highest BCUT2D eigenvalue weighted by molar-refractivity contribution is 6.30. The first-order valence-electron chi connectivity index (χ1n) is 9.58. The van der Waals surface area contributed by atoms with Crippen molar-refractivity contribution in [2.45, 2.75) is 6.04 Å². The van der Waals surface area contributed by atoms with Crippen LogP contribution in [0.3, 0.4) is 0 Å². The Bertz CT molecular complexity index is 1010. The number of halogens is 1. The number of aliphatic hydroxyl groups excluding tert-OH is 1. The van der Waals surface area contributed by atoms with Gasteiger partial charge in [-0.05, 0) is 66.2 Å². The maximum Gasteiger partial charge on any atom is 0.322 e. The molecule has 6 nitrogen and oxygen atoms in total. The Morgan fingerprint density at radius 3 is 2.40 bits per heavy atom. The van der Waals surface area contributed by atoms with Crippen molar-refractivity contribution in [3.8, 4) is 17.2 Å². The molecule has 154 valence electrons. The Morgan fingerprint density at radius 1 is 1.00 bits per heavy atom. The lowest BCUT2D eigenvalue weighted by molar-refractivity contribution is 0.201. The summed E-state index contributed by atoms with van der Waals surface area (Å²) in [6.07, 6.45) is 0. The van der Waals surface area contributed by atoms with Crippen LogP contribution in [-0.4, -0.2) is 30.9 Å². The fourth-order valence-electron chi connectivity index (χ4n) is 3.35. The van der Waals surface area contributed by atoms with Crippen molar-refractivity contribution in [1.29, 1.82) is 0 Å². The fourth-order valence-corrected chi connectivity index (χ4v) is 3.48. The highest BCUT2D eigenvalue weighted by Crippen LogP contribution is 2.33. The van der Waals surface area contributed by atoms with Gasteiger partial charge in [0.15, 0.2) is 0 Å². The number of anilines is 1. The number of rotatable bonds is 7. The molecule has 0 aromatic heterocycles. The van der Waals surface area contributed by atoms with Crippen molar-refractivity contribution >= 4 is 23.3 Å². The van der Waals surface area contributed by atoms with E-state index in [4.69, 9.17) is 26.2 Å². The zero-order valence-electron chi connectivity index (χ0n) is 16.1. The van der Waals surface area contributed by atoms with Crippen molar-refractivity contribution < 1.29 is 19.4 Å². The number of carbonyl (C=O) groups is 1. The van der Waals surface area contributed by atoms with Crippen LogP contribution in [0.15, 0.2) is 72.8 Å². The average Bonchev–Trinajstić information content (AvgIpc) is 3.16. The first kappa shape index (κ1) is 20.1. The number of hydrogen-bond acceptors (Lipinski definition) is 4. The van der Waals surface area contributed by atoms with E-state index in [1.165, 1.54) is 0 Å². The number of amides is 2. The molecule has 2 N–H and O–H groups in total. The molecule has 30 heavy (non-hydrogen) atoms. The molecule has 0 spiro atoms. The normalized spacial score (nSPS) is 15.7. The maximum absolute atomic E-state index is 12.5. The summed E-state index contributed by atoms with van der Waals surface area (Å²) in [6, 6.07) is 21.7. The molecule has 3 aromatic rings. The van der Waals surface area contributed by atoms with Crippen molar-refractivity contribution in [3.63, 3.8) is 0 Å². The first-order valence-corrected chi connectivity index (χ1v) is 9.96. The van der Waals surface area contributed by atoms with Crippen molar-refractivity contribution in [3.05, 3.63) is 83.4 Å². The predicted molar refractivity (Wildman–Crippen MR) is 116 cm³/mol. The molecule has 1 aliphatic rings. The van der Waals surface area contributed by atoms with Crippen molar-refractivity contribution in [1.82, 2.24) is 5.32 Å². The van der Waals surface area contributed by atoms with E-state index in [1.54, 1.807) is 29.2 Å². The summed E-state index contributed by atoms with van der Waals surface area (Å²) in [5.74, 6) is 2.01. The summed E-state index contributed by atoms with van der Waals surface area (Å²) in [4.78, 5) is 14.2. The smallest absolute Gasteiger partial charge is 0.322 e. The van der Waals surface area contributed by atoms with Gasteiger partial charge in [-0.25, -0.2) is 4.79 Å². The summed E-state index contributed by atoms with van der Waals surface area (Å²) in [7, 11) is 0. The molecular weight excluding hydrogens is 404 g/mol. The Morgan fingerprint density at radius 2 is 1.70 bits per heavy atom. The molecule has 1 heterocycles. The van der Waals surface area contributed by atoms with Gasteiger partial charge in [-0.2, -0.15) is 0 Å². The number of nitrogens with one attached hydrogen (secondary N) is 1. The predicted octanol–water partition coefficient (Wildman–Crippen LogP) is 4.77. The van der Waals surface area contributed by atoms with Gasteiger partial charge in [0.05, 0.1) is 12.6 Å². The molecule has 7 heteroatoms. The number of carbonyl (C=O) groups excluding carboxylic acids is 1. The number of urea groups is 1. The third kappa shape index (κ3) is 4.50. The molecule has 1 saturated heterocycles. The van der Waals surface area contributed by atoms with Crippen LogP contribution in [0.25, 0.3) is 0 Å². The summed E-state index contributed by atoms with van der Waals surface area (Å²) in [5, 5.41) is 12.5. The Kier molecular flexibility index (Phi) is 6.07. The zero-order chi connectivity index (χ0) is 20.9. The van der Waals surface area contributed by atoms with Gasteiger partial charge < -0.3 is 19.9 Å². The Hall–Kier alpha value is -3.22. The molecule has 0 unspecified atom stereocenters. The van der Waals surface area contributed by atoms with Gasteiger partial charge in [0, 0.05) is 17.3 Å². The second-order valence-corrected chi connectivity index (χ2v) is 7.20. The van der Waals surface area contributed by atoms with Gasteiger partial charge in [0.1, 0.15) is 23.9 Å². The molecule has 0 aliphatic carbocycles. The Balaban J connectivity index is 1.53. The lowest BCUT2D eigenvalue weighted by Gasteiger charge is -2.24. The second kappa shape index (κ2) is 9.07. The molecule has 1 aliphatic heterocycles. The van der Waals surface area contributed by atoms with E-state index >= 15 is 0 Å². The summed E-state index contributed by atoms with van der Waals surface area (Å²) in [5.41, 5.74) is 1.71. The van der Waals surface area contributed by atoms with E-state index in [-0.39, 0.29) is 25.3 Å². The van der Waals surface area contributed by atoms with Crippen LogP contribution in [0.4, 0.5) is 10.5 Å². The average molecular weight is 425 g/mol. The van der Waals surface area contributed by atoms with Crippen LogP contribution in [0, 0.1) is 0 Å². The van der Waals surface area contributed by atoms with Gasteiger partial charge in [0.2, 0.25) is 0 Å². The highest BCUT2D eigenvalue weighted by Gasteiger charge is 2.33. The third-order valence-corrected chi connectivity index (χ3v) is 5.00. The summed E-state index contributed by atoms with van der Waals surface area (Å²) < 4.78 is 11.3. The van der Waals surface area contributed by atoms with Gasteiger partial charge in [-0.3, -0.25) is 4.90 Å². The largest absolute Gasteiger partial charge is 0.491 e. The van der Waals surface area contributed by atoms with Gasteiger partial charge in [-0.15, -0.1) is 0 Å². The van der Waals surface area contributed by atoms with Crippen LogP contribution in [-0.2, 0) is 0 Å². The number of benzene rings is 3. The standard InChI is InChI=1S/C23H21ClN2O4/c24-17-4-8-19(9-5-17)30-20-10-6-18(7-11-20)26-22(15-25-23(26)28)16-2-1-3-21(14-16)29-13-12-27/h1-11,14,22,27H,12-13,15H2,(H,25,28)/t22-/m1/s1. The summed E-state index contributed by atoms with van der Waals surface area (Å²) in [6.45, 7) is 0.666. The lowest BCUT2D eigenvalue weighted by atomic mass is 10.1. The van der Waals surface area contributed by atoms with Crippen LogP contribution >= 0.6 is 11.6 Å². The van der Waals surface area contributed by atoms with E-state index in [9.17, 15) is 4.79 Å². The number of hydrogen-bond donors (Lipinski definition) is 2. The van der Waals surface area contributed by atoms with E-state index < -0.39 is 0 Å². The highest BCUT2D eigenvalue weighted by atomic mass is 35.5. The van der Waals surface area contributed by atoms with E-state index in [0.717, 1.165) is 11.3 Å². The molecule has 0 saturated carbocycles. The minimum atomic E-state index is -0.168. The number of ether oxygens (including phenoxy) is 2. The van der Waals surface area contributed by atoms with E-state index in [0.29, 0.717) is 28.8 Å². The SMILES string of the molecule is O=C1NC[C@H](c2cccc(OCCO)c2)N1c1ccc(Oc2ccc(Cl)cc2)cc1. The van der Waals surface area contributed by atoms with Crippen molar-refractivity contribution in [2.75, 3.05) is 24.7 Å². The quantitative estimate of drug-likeness (QED) is 0.573. The topological polar surface area (TPSA) is 71.0 Å². The van der Waals surface area contributed by atoms with Crippen molar-refractivity contribution in [2.24, 2.45) is 0 Å². The number of aliphatic hydroxyl groups is 1. The van der Waals surface area contributed by atoms with E-state index in [1.807, 2.05) is 48.5 Å². The molecule has 3 aromatic carbocycles. The fraction of sp³-hybridized carbons (Fsp3) is 0.174. The van der Waals surface area contributed by atoms with Crippen LogP contribution in [0.5, 0.6) is 17.2 Å². The zero-order valence-corrected chi connectivity index (χ0v) is 16.9. The maximum atomic E-state index is 12.5. The van der Waals surface area contributed by atoms with Crippen LogP contribution < -0.4 is 19.7 Å². The third-order valence-electron chi connectivity index (χ3n) is 4.74. The molecule has 0 bridgehead atoms. The molecular formula is C23H21ClN2O4. The van der Waals surface area contributed by atoms with Gasteiger partial charge >= 0.3 is 6.03 Å². The molecule has 1 fully saturated rings. The van der Waals surface area contributed by atoms with Gasteiger partial charge in [-0.1, -0.05) is 23.7 Å². The lowest BCUT2D eigenvalue weighted by Crippen LogP contribution is -2.29. The van der Waals surface area contributed by atoms with Gasteiger partial charge in [0.25, 0.3) is 0 Å². The molecule has 0 radical (unpaired) electrons. The summed E-state index contributed by atoms with van der Waals surface area (Å²) >= 11 is 5.90. The first-order chi connectivity index (χ1) is 14.6. The number of nitrogens with zero attached hydrogens (tertiary/aromatic N) is 1. The Labute approximate surface area is 179 Å². The van der Waals surface area contributed by atoms with Crippen LogP contribution in [0.2, 0.25) is 5.02 Å². The monoisotopic (exact) mass is 424 g/mol. The van der Waals surface area contributed by atoms with E-state index in [2.05, 4.69) is 5.32 Å².